The predicted octanol–water partition coefficient (Wildman–Crippen LogP) is 1.99. The zero-order valence-corrected chi connectivity index (χ0v) is 13.3. The highest BCUT2D eigenvalue weighted by Crippen LogP contribution is 2.35. The zero-order chi connectivity index (χ0) is 15.4. The van der Waals surface area contributed by atoms with Crippen LogP contribution >= 0.6 is 11.6 Å². The number of halogens is 1. The summed E-state index contributed by atoms with van der Waals surface area (Å²) in [6, 6.07) is 3.63. The first kappa shape index (κ1) is 16.4. The van der Waals surface area contributed by atoms with Crippen molar-refractivity contribution in [1.82, 2.24) is 4.90 Å². The topological polar surface area (TPSA) is 68.0 Å². The molecule has 1 aliphatic heterocycles. The van der Waals surface area contributed by atoms with Gasteiger partial charge in [-0.1, -0.05) is 11.6 Å². The maximum absolute atomic E-state index is 10.2. The minimum atomic E-state index is 0.145. The Morgan fingerprint density at radius 3 is 2.81 bits per heavy atom. The van der Waals surface area contributed by atoms with Gasteiger partial charge < -0.3 is 20.3 Å². The average molecular weight is 315 g/mol. The van der Waals surface area contributed by atoms with Crippen LogP contribution in [-0.4, -0.2) is 49.5 Å². The van der Waals surface area contributed by atoms with E-state index in [-0.39, 0.29) is 17.9 Å². The number of piperidine rings is 1. The summed E-state index contributed by atoms with van der Waals surface area (Å²) >= 11 is 6.08. The molecule has 1 aliphatic rings. The molecule has 1 aromatic carbocycles. The van der Waals surface area contributed by atoms with E-state index in [1.165, 1.54) is 7.11 Å². The second-order valence-corrected chi connectivity index (χ2v) is 5.79. The molecule has 0 amide bonds. The average Bonchev–Trinajstić information content (AvgIpc) is 2.50. The third-order valence-corrected chi connectivity index (χ3v) is 4.33. The van der Waals surface area contributed by atoms with Gasteiger partial charge in [-0.25, -0.2) is 0 Å². The van der Waals surface area contributed by atoms with Crippen molar-refractivity contribution in [2.24, 2.45) is 5.73 Å². The van der Waals surface area contributed by atoms with E-state index >= 15 is 0 Å². The number of methoxy groups -OCH3 is 2. The number of benzene rings is 1. The van der Waals surface area contributed by atoms with Crippen LogP contribution in [0.3, 0.4) is 0 Å². The second-order valence-electron chi connectivity index (χ2n) is 5.36. The number of ether oxygens (including phenoxy) is 2. The lowest BCUT2D eigenvalue weighted by atomic mass is 9.98. The van der Waals surface area contributed by atoms with Crippen molar-refractivity contribution >= 4 is 11.6 Å². The van der Waals surface area contributed by atoms with Gasteiger partial charge in [-0.3, -0.25) is 4.90 Å². The van der Waals surface area contributed by atoms with Crippen LogP contribution in [0.15, 0.2) is 12.1 Å². The smallest absolute Gasteiger partial charge is 0.162 e. The molecule has 0 bridgehead atoms. The van der Waals surface area contributed by atoms with E-state index < -0.39 is 0 Å². The lowest BCUT2D eigenvalue weighted by Crippen LogP contribution is -2.47. The molecule has 0 saturated carbocycles. The normalized spacial score (nSPS) is 23.2. The van der Waals surface area contributed by atoms with Gasteiger partial charge in [0.25, 0.3) is 0 Å². The lowest BCUT2D eigenvalue weighted by molar-refractivity contribution is 0.00997. The first-order chi connectivity index (χ1) is 10.1. The van der Waals surface area contributed by atoms with Crippen LogP contribution < -0.4 is 10.5 Å². The van der Waals surface area contributed by atoms with Gasteiger partial charge in [0, 0.05) is 49.4 Å². The largest absolute Gasteiger partial charge is 0.504 e. The maximum Gasteiger partial charge on any atom is 0.162 e. The first-order valence-corrected chi connectivity index (χ1v) is 7.49. The van der Waals surface area contributed by atoms with Crippen LogP contribution in [0, 0.1) is 0 Å². The van der Waals surface area contributed by atoms with Crippen molar-refractivity contribution in [1.29, 1.82) is 0 Å². The van der Waals surface area contributed by atoms with Gasteiger partial charge in [-0.05, 0) is 18.9 Å². The van der Waals surface area contributed by atoms with Gasteiger partial charge in [0.2, 0.25) is 0 Å². The van der Waals surface area contributed by atoms with E-state index in [1.807, 2.05) is 0 Å². The standard InChI is InChI=1S/C15H23ClN2O3/c1-20-13-3-4-18(12(7-13)8-17)9-10-5-11(16)6-14(21-2)15(10)19/h5-6,12-13,19H,3-4,7-9,17H2,1-2H3. The molecule has 21 heavy (non-hydrogen) atoms. The number of nitrogens with zero attached hydrogens (tertiary/aromatic N) is 1. The van der Waals surface area contributed by atoms with Crippen LogP contribution in [0.5, 0.6) is 11.5 Å². The quantitative estimate of drug-likeness (QED) is 0.870. The van der Waals surface area contributed by atoms with Gasteiger partial charge in [-0.15, -0.1) is 0 Å². The van der Waals surface area contributed by atoms with Crippen molar-refractivity contribution in [3.8, 4) is 11.5 Å². The van der Waals surface area contributed by atoms with Crippen molar-refractivity contribution in [3.05, 3.63) is 22.7 Å². The van der Waals surface area contributed by atoms with E-state index in [1.54, 1.807) is 19.2 Å². The third kappa shape index (κ3) is 3.80. The second kappa shape index (κ2) is 7.31. The summed E-state index contributed by atoms with van der Waals surface area (Å²) in [5, 5.41) is 10.8. The fraction of sp³-hybridized carbons (Fsp3) is 0.600. The molecule has 1 saturated heterocycles. The van der Waals surface area contributed by atoms with Crippen LogP contribution in [-0.2, 0) is 11.3 Å². The highest BCUT2D eigenvalue weighted by atomic mass is 35.5. The highest BCUT2D eigenvalue weighted by molar-refractivity contribution is 6.30. The molecule has 2 rings (SSSR count). The zero-order valence-electron chi connectivity index (χ0n) is 12.5. The molecule has 2 unspecified atom stereocenters. The molecular formula is C15H23ClN2O3. The van der Waals surface area contributed by atoms with Crippen molar-refractivity contribution in [2.75, 3.05) is 27.3 Å². The third-order valence-electron chi connectivity index (χ3n) is 4.11. The Morgan fingerprint density at radius 1 is 1.43 bits per heavy atom. The summed E-state index contributed by atoms with van der Waals surface area (Å²) in [6.07, 6.45) is 2.13. The number of hydrogen-bond donors (Lipinski definition) is 2. The predicted molar refractivity (Wildman–Crippen MR) is 83.0 cm³/mol. The Bertz CT molecular complexity index is 484. The number of likely N-dealkylation sites (tertiary alicyclic amines) is 1. The number of rotatable bonds is 5. The SMILES string of the molecule is COc1cc(Cl)cc(CN2CCC(OC)CC2CN)c1O. The van der Waals surface area contributed by atoms with Crippen LogP contribution in [0.2, 0.25) is 5.02 Å². The van der Waals surface area contributed by atoms with Crippen LogP contribution in [0.1, 0.15) is 18.4 Å². The van der Waals surface area contributed by atoms with Crippen LogP contribution in [0.4, 0.5) is 0 Å². The Hall–Kier alpha value is -1.01. The van der Waals surface area contributed by atoms with Gasteiger partial charge in [-0.2, -0.15) is 0 Å². The van der Waals surface area contributed by atoms with E-state index in [2.05, 4.69) is 4.90 Å². The summed E-state index contributed by atoms with van der Waals surface area (Å²) in [4.78, 5) is 2.26. The van der Waals surface area contributed by atoms with E-state index in [4.69, 9.17) is 26.8 Å². The molecule has 2 atom stereocenters. The number of nitrogens with two attached hydrogens (primary N) is 1. The molecule has 0 spiro atoms. The fourth-order valence-electron chi connectivity index (χ4n) is 2.85. The lowest BCUT2D eigenvalue weighted by Gasteiger charge is -2.38. The molecular weight excluding hydrogens is 292 g/mol. The molecule has 0 aliphatic carbocycles. The number of hydrogen-bond acceptors (Lipinski definition) is 5. The summed E-state index contributed by atoms with van der Waals surface area (Å²) in [5.74, 6) is 0.542. The number of phenolic OH excluding ortho intramolecular Hbond substituents is 1. The molecule has 1 aromatic rings. The minimum absolute atomic E-state index is 0.145. The molecule has 1 heterocycles. The first-order valence-electron chi connectivity index (χ1n) is 7.11. The van der Waals surface area contributed by atoms with Gasteiger partial charge in [0.15, 0.2) is 11.5 Å². The molecule has 0 radical (unpaired) electrons. The summed E-state index contributed by atoms with van der Waals surface area (Å²) < 4.78 is 10.6. The number of aromatic hydroxyl groups is 1. The Balaban J connectivity index is 2.15. The molecule has 6 heteroatoms. The highest BCUT2D eigenvalue weighted by Gasteiger charge is 2.28. The minimum Gasteiger partial charge on any atom is -0.504 e. The van der Waals surface area contributed by atoms with E-state index in [0.29, 0.717) is 23.9 Å². The van der Waals surface area contributed by atoms with E-state index in [9.17, 15) is 5.11 Å². The summed E-state index contributed by atoms with van der Waals surface area (Å²) in [5.41, 5.74) is 6.64. The Labute approximate surface area is 130 Å². The van der Waals surface area contributed by atoms with Gasteiger partial charge >= 0.3 is 0 Å². The maximum atomic E-state index is 10.2. The molecule has 3 N–H and O–H groups in total. The molecule has 5 nitrogen and oxygen atoms in total. The van der Waals surface area contributed by atoms with Crippen molar-refractivity contribution < 1.29 is 14.6 Å². The van der Waals surface area contributed by atoms with Gasteiger partial charge in [0.05, 0.1) is 13.2 Å². The Morgan fingerprint density at radius 2 is 2.19 bits per heavy atom. The summed E-state index contributed by atoms with van der Waals surface area (Å²) in [6.45, 7) is 2.05. The monoisotopic (exact) mass is 314 g/mol. The molecule has 1 fully saturated rings. The number of phenols is 1. The molecule has 118 valence electrons. The van der Waals surface area contributed by atoms with Crippen molar-refractivity contribution in [2.45, 2.75) is 31.5 Å². The van der Waals surface area contributed by atoms with E-state index in [0.717, 1.165) is 24.9 Å². The Kier molecular flexibility index (Phi) is 5.70. The van der Waals surface area contributed by atoms with Crippen LogP contribution in [0.25, 0.3) is 0 Å². The fourth-order valence-corrected chi connectivity index (χ4v) is 3.08. The van der Waals surface area contributed by atoms with Gasteiger partial charge in [0.1, 0.15) is 0 Å². The summed E-state index contributed by atoms with van der Waals surface area (Å²) in [7, 11) is 3.25. The van der Waals surface area contributed by atoms with Crippen molar-refractivity contribution in [3.63, 3.8) is 0 Å². The molecule has 0 aromatic heterocycles.